The molecule has 2 nitrogen and oxygen atoms in total. The Labute approximate surface area is 116 Å². The summed E-state index contributed by atoms with van der Waals surface area (Å²) in [5.74, 6) is 0.899. The normalized spacial score (nSPS) is 16.6. The molecule has 0 spiro atoms. The van der Waals surface area contributed by atoms with E-state index in [1.807, 2.05) is 25.1 Å². The molecule has 1 saturated carbocycles. The second-order valence-electron chi connectivity index (χ2n) is 4.80. The monoisotopic (exact) mass is 313 g/mol. The van der Waals surface area contributed by atoms with E-state index in [1.165, 1.54) is 0 Å². The standard InChI is InChI=1S/C13H16BrNOS/c1-9-10(14)3-2-4-11(9)15-12(16)7-13(8-17)5-6-13/h2-4,17H,5-8H2,1H3,(H,15,16). The van der Waals surface area contributed by atoms with Crippen LogP contribution in [0.15, 0.2) is 22.7 Å². The average molecular weight is 314 g/mol. The summed E-state index contributed by atoms with van der Waals surface area (Å²) in [6.45, 7) is 1.99. The van der Waals surface area contributed by atoms with Gasteiger partial charge >= 0.3 is 0 Å². The van der Waals surface area contributed by atoms with Crippen LogP contribution in [0.2, 0.25) is 0 Å². The summed E-state index contributed by atoms with van der Waals surface area (Å²) in [6, 6.07) is 5.83. The summed E-state index contributed by atoms with van der Waals surface area (Å²) in [6.07, 6.45) is 2.84. The first-order valence-corrected chi connectivity index (χ1v) is 7.15. The van der Waals surface area contributed by atoms with Gasteiger partial charge in [-0.1, -0.05) is 22.0 Å². The van der Waals surface area contributed by atoms with Crippen LogP contribution in [0.5, 0.6) is 0 Å². The number of carbonyl (C=O) groups is 1. The van der Waals surface area contributed by atoms with E-state index >= 15 is 0 Å². The molecule has 0 aromatic heterocycles. The van der Waals surface area contributed by atoms with Crippen molar-refractivity contribution in [3.63, 3.8) is 0 Å². The van der Waals surface area contributed by atoms with E-state index < -0.39 is 0 Å². The number of hydrogen-bond donors (Lipinski definition) is 2. The maximum Gasteiger partial charge on any atom is 0.224 e. The van der Waals surface area contributed by atoms with E-state index in [9.17, 15) is 4.79 Å². The molecule has 92 valence electrons. The number of thiol groups is 1. The zero-order chi connectivity index (χ0) is 12.5. The van der Waals surface area contributed by atoms with E-state index in [1.54, 1.807) is 0 Å². The average Bonchev–Trinajstić information content (AvgIpc) is 3.05. The second-order valence-corrected chi connectivity index (χ2v) is 5.97. The first kappa shape index (κ1) is 13.0. The Kier molecular flexibility index (Phi) is 3.83. The molecular formula is C13H16BrNOS. The van der Waals surface area contributed by atoms with Gasteiger partial charge in [-0.2, -0.15) is 12.6 Å². The third kappa shape index (κ3) is 3.05. The predicted molar refractivity (Wildman–Crippen MR) is 77.6 cm³/mol. The quantitative estimate of drug-likeness (QED) is 0.813. The van der Waals surface area contributed by atoms with E-state index in [0.717, 1.165) is 34.3 Å². The van der Waals surface area contributed by atoms with Crippen molar-refractivity contribution in [1.82, 2.24) is 0 Å². The molecular weight excluding hydrogens is 298 g/mol. The molecule has 1 aliphatic rings. The lowest BCUT2D eigenvalue weighted by atomic mass is 10.0. The van der Waals surface area contributed by atoms with Gasteiger partial charge in [-0.15, -0.1) is 0 Å². The van der Waals surface area contributed by atoms with Crippen LogP contribution in [-0.2, 0) is 4.79 Å². The molecule has 1 aliphatic carbocycles. The molecule has 17 heavy (non-hydrogen) atoms. The smallest absolute Gasteiger partial charge is 0.224 e. The summed E-state index contributed by atoms with van der Waals surface area (Å²) < 4.78 is 1.02. The Morgan fingerprint density at radius 2 is 2.24 bits per heavy atom. The third-order valence-corrected chi connectivity index (χ3v) is 4.90. The summed E-state index contributed by atoms with van der Waals surface area (Å²) in [5.41, 5.74) is 2.13. The van der Waals surface area contributed by atoms with Crippen molar-refractivity contribution in [3.05, 3.63) is 28.2 Å². The first-order valence-electron chi connectivity index (χ1n) is 5.72. The number of hydrogen-bond acceptors (Lipinski definition) is 2. The molecule has 0 saturated heterocycles. The number of carbonyl (C=O) groups excluding carboxylic acids is 1. The van der Waals surface area contributed by atoms with Crippen molar-refractivity contribution in [1.29, 1.82) is 0 Å². The van der Waals surface area contributed by atoms with Crippen LogP contribution in [0.3, 0.4) is 0 Å². The zero-order valence-corrected chi connectivity index (χ0v) is 12.3. The second kappa shape index (κ2) is 5.02. The van der Waals surface area contributed by atoms with Gasteiger partial charge in [0, 0.05) is 16.6 Å². The molecule has 0 atom stereocenters. The van der Waals surface area contributed by atoms with Crippen molar-refractivity contribution < 1.29 is 4.79 Å². The van der Waals surface area contributed by atoms with Crippen molar-refractivity contribution >= 4 is 40.2 Å². The van der Waals surface area contributed by atoms with Crippen molar-refractivity contribution in [2.45, 2.75) is 26.2 Å². The number of nitrogens with one attached hydrogen (secondary N) is 1. The topological polar surface area (TPSA) is 29.1 Å². The fourth-order valence-electron chi connectivity index (χ4n) is 1.85. The summed E-state index contributed by atoms with van der Waals surface area (Å²) in [5, 5.41) is 2.98. The van der Waals surface area contributed by atoms with E-state index in [2.05, 4.69) is 33.9 Å². The first-order chi connectivity index (χ1) is 8.06. The fraction of sp³-hybridized carbons (Fsp3) is 0.462. The molecule has 1 aromatic carbocycles. The van der Waals surface area contributed by atoms with Crippen LogP contribution in [-0.4, -0.2) is 11.7 Å². The van der Waals surface area contributed by atoms with Crippen molar-refractivity contribution in [3.8, 4) is 0 Å². The zero-order valence-electron chi connectivity index (χ0n) is 9.79. The molecule has 2 rings (SSSR count). The number of rotatable bonds is 4. The molecule has 1 aromatic rings. The van der Waals surface area contributed by atoms with Gasteiger partial charge in [0.25, 0.3) is 0 Å². The van der Waals surface area contributed by atoms with Gasteiger partial charge in [0.1, 0.15) is 0 Å². The molecule has 1 N–H and O–H groups in total. The van der Waals surface area contributed by atoms with E-state index in [4.69, 9.17) is 0 Å². The largest absolute Gasteiger partial charge is 0.326 e. The van der Waals surface area contributed by atoms with Crippen molar-refractivity contribution in [2.75, 3.05) is 11.1 Å². The lowest BCUT2D eigenvalue weighted by Crippen LogP contribution is -2.18. The van der Waals surface area contributed by atoms with Gasteiger partial charge in [-0.25, -0.2) is 0 Å². The minimum Gasteiger partial charge on any atom is -0.326 e. The number of halogens is 1. The minimum atomic E-state index is 0.0951. The molecule has 0 heterocycles. The van der Waals surface area contributed by atoms with Gasteiger partial charge in [-0.05, 0) is 48.6 Å². The van der Waals surface area contributed by atoms with E-state index in [0.29, 0.717) is 6.42 Å². The predicted octanol–water partition coefficient (Wildman–Crippen LogP) is 3.80. The van der Waals surface area contributed by atoms with Gasteiger partial charge in [-0.3, -0.25) is 4.79 Å². The van der Waals surface area contributed by atoms with Crippen molar-refractivity contribution in [2.24, 2.45) is 5.41 Å². The van der Waals surface area contributed by atoms with Gasteiger partial charge < -0.3 is 5.32 Å². The molecule has 1 amide bonds. The van der Waals surface area contributed by atoms with Crippen LogP contribution < -0.4 is 5.32 Å². The molecule has 0 bridgehead atoms. The fourth-order valence-corrected chi connectivity index (χ4v) is 2.64. The Balaban J connectivity index is 2.01. The number of anilines is 1. The number of amides is 1. The van der Waals surface area contributed by atoms with Crippen LogP contribution in [0.4, 0.5) is 5.69 Å². The Morgan fingerprint density at radius 3 is 2.82 bits per heavy atom. The lowest BCUT2D eigenvalue weighted by Gasteiger charge is -2.13. The molecule has 4 heteroatoms. The highest BCUT2D eigenvalue weighted by Crippen LogP contribution is 2.49. The van der Waals surface area contributed by atoms with Crippen LogP contribution in [0.25, 0.3) is 0 Å². The molecule has 0 aliphatic heterocycles. The van der Waals surface area contributed by atoms with Gasteiger partial charge in [0.15, 0.2) is 0 Å². The third-order valence-electron chi connectivity index (χ3n) is 3.37. The van der Waals surface area contributed by atoms with Gasteiger partial charge in [0.2, 0.25) is 5.91 Å². The number of benzene rings is 1. The maximum absolute atomic E-state index is 11.9. The molecule has 0 unspecified atom stereocenters. The minimum absolute atomic E-state index is 0.0951. The Morgan fingerprint density at radius 1 is 1.53 bits per heavy atom. The SMILES string of the molecule is Cc1c(Br)cccc1NC(=O)CC1(CS)CC1. The molecule has 0 radical (unpaired) electrons. The lowest BCUT2D eigenvalue weighted by molar-refractivity contribution is -0.117. The Hall–Kier alpha value is -0.480. The van der Waals surface area contributed by atoms with E-state index in [-0.39, 0.29) is 11.3 Å². The van der Waals surface area contributed by atoms with Crippen LogP contribution in [0.1, 0.15) is 24.8 Å². The Bertz CT molecular complexity index is 443. The highest BCUT2D eigenvalue weighted by molar-refractivity contribution is 9.10. The summed E-state index contributed by atoms with van der Waals surface area (Å²) in [4.78, 5) is 11.9. The van der Waals surface area contributed by atoms with Crippen LogP contribution in [0, 0.1) is 12.3 Å². The summed E-state index contributed by atoms with van der Waals surface area (Å²) in [7, 11) is 0. The molecule has 1 fully saturated rings. The highest BCUT2D eigenvalue weighted by atomic mass is 79.9. The maximum atomic E-state index is 11.9. The highest BCUT2D eigenvalue weighted by Gasteiger charge is 2.42. The van der Waals surface area contributed by atoms with Gasteiger partial charge in [0.05, 0.1) is 0 Å². The van der Waals surface area contributed by atoms with Crippen LogP contribution >= 0.6 is 28.6 Å². The summed E-state index contributed by atoms with van der Waals surface area (Å²) >= 11 is 7.77.